The third kappa shape index (κ3) is 47.6. The van der Waals surface area contributed by atoms with Crippen molar-refractivity contribution >= 4 is 11.9 Å². The first kappa shape index (κ1) is 44.8. The number of hydrogen-bond donors (Lipinski definition) is 2. The topological polar surface area (TPSA) is 74.6 Å². The van der Waals surface area contributed by atoms with Gasteiger partial charge in [0, 0.05) is 12.8 Å². The van der Waals surface area contributed by atoms with Crippen LogP contribution < -0.4 is 0 Å². The van der Waals surface area contributed by atoms with E-state index in [9.17, 15) is 9.59 Å². The molecule has 2 N–H and O–H groups in total. The Morgan fingerprint density at radius 3 is 0.773 bits per heavy atom. The minimum absolute atomic E-state index is 0.332. The van der Waals surface area contributed by atoms with E-state index in [1.165, 1.54) is 180 Å². The molecule has 0 aromatic rings. The molecule has 0 saturated heterocycles. The van der Waals surface area contributed by atoms with E-state index >= 15 is 0 Å². The summed E-state index contributed by atoms with van der Waals surface area (Å²) in [5.74, 6) is -1.31. The van der Waals surface area contributed by atoms with Gasteiger partial charge < -0.3 is 10.2 Å². The first-order chi connectivity index (χ1) is 21.5. The van der Waals surface area contributed by atoms with E-state index in [-0.39, 0.29) is 0 Å². The molecule has 0 heterocycles. The third-order valence-electron chi connectivity index (χ3n) is 8.65. The van der Waals surface area contributed by atoms with Crippen LogP contribution in [0.2, 0.25) is 0 Å². The van der Waals surface area contributed by atoms with Crippen molar-refractivity contribution in [3.05, 3.63) is 12.2 Å². The zero-order valence-electron chi connectivity index (χ0n) is 29.9. The van der Waals surface area contributed by atoms with Crippen LogP contribution in [0.25, 0.3) is 0 Å². The molecule has 0 amide bonds. The molecule has 0 bridgehead atoms. The number of allylic oxidation sites excluding steroid dienone is 2. The molecule has 44 heavy (non-hydrogen) atoms. The van der Waals surface area contributed by atoms with E-state index in [4.69, 9.17) is 10.2 Å². The number of carboxylic acids is 2. The molecular formula is C40H78O4. The zero-order valence-corrected chi connectivity index (χ0v) is 29.9. The van der Waals surface area contributed by atoms with Crippen molar-refractivity contribution in [2.45, 2.75) is 232 Å². The van der Waals surface area contributed by atoms with Gasteiger partial charge in [0.1, 0.15) is 0 Å². The Bertz CT molecular complexity index is 586. The van der Waals surface area contributed by atoms with Crippen molar-refractivity contribution in [1.29, 1.82) is 0 Å². The van der Waals surface area contributed by atoms with Crippen molar-refractivity contribution < 1.29 is 19.8 Å². The van der Waals surface area contributed by atoms with E-state index in [0.29, 0.717) is 12.8 Å². The molecule has 0 unspecified atom stereocenters. The predicted octanol–water partition coefficient (Wildman–Crippen LogP) is 14.0. The fourth-order valence-electron chi connectivity index (χ4n) is 5.70. The summed E-state index contributed by atoms with van der Waals surface area (Å²) in [5.41, 5.74) is 0. The number of carboxylic acid groups (broad SMARTS) is 2. The zero-order chi connectivity index (χ0) is 32.6. The number of unbranched alkanes of at least 4 members (excludes halogenated alkanes) is 29. The normalized spacial score (nSPS) is 11.1. The summed E-state index contributed by atoms with van der Waals surface area (Å²) >= 11 is 0. The van der Waals surface area contributed by atoms with Crippen LogP contribution in [-0.2, 0) is 9.59 Å². The van der Waals surface area contributed by atoms with Crippen LogP contribution in [0.1, 0.15) is 232 Å². The van der Waals surface area contributed by atoms with Gasteiger partial charge in [-0.2, -0.15) is 0 Å². The van der Waals surface area contributed by atoms with E-state index in [2.05, 4.69) is 26.0 Å². The van der Waals surface area contributed by atoms with Crippen molar-refractivity contribution in [2.75, 3.05) is 0 Å². The third-order valence-corrected chi connectivity index (χ3v) is 8.65. The first-order valence-electron chi connectivity index (χ1n) is 19.6. The van der Waals surface area contributed by atoms with Gasteiger partial charge >= 0.3 is 11.9 Å². The molecule has 4 nitrogen and oxygen atoms in total. The lowest BCUT2D eigenvalue weighted by molar-refractivity contribution is -0.138. The maximum Gasteiger partial charge on any atom is 0.303 e. The molecule has 0 aliphatic carbocycles. The molecule has 0 saturated carbocycles. The summed E-state index contributed by atoms with van der Waals surface area (Å²) in [7, 11) is 0. The lowest BCUT2D eigenvalue weighted by Crippen LogP contribution is -1.93. The second-order valence-electron chi connectivity index (χ2n) is 13.2. The van der Waals surface area contributed by atoms with Gasteiger partial charge in [-0.15, -0.1) is 0 Å². The van der Waals surface area contributed by atoms with Gasteiger partial charge in [-0.3, -0.25) is 9.59 Å². The molecule has 262 valence electrons. The van der Waals surface area contributed by atoms with Gasteiger partial charge in [-0.1, -0.05) is 193 Å². The van der Waals surface area contributed by atoms with Crippen LogP contribution in [-0.4, -0.2) is 22.2 Å². The van der Waals surface area contributed by atoms with Gasteiger partial charge in [0.15, 0.2) is 0 Å². The number of rotatable bonds is 35. The molecule has 0 rings (SSSR count). The van der Waals surface area contributed by atoms with E-state index in [0.717, 1.165) is 25.7 Å². The number of hydrogen-bond acceptors (Lipinski definition) is 2. The summed E-state index contributed by atoms with van der Waals surface area (Å²) in [6, 6.07) is 0. The van der Waals surface area contributed by atoms with Crippen molar-refractivity contribution in [3.63, 3.8) is 0 Å². The van der Waals surface area contributed by atoms with Gasteiger partial charge in [0.05, 0.1) is 0 Å². The number of carbonyl (C=O) groups is 2. The van der Waals surface area contributed by atoms with Crippen LogP contribution in [0.4, 0.5) is 0 Å². The molecule has 0 radical (unpaired) electrons. The minimum Gasteiger partial charge on any atom is -0.481 e. The molecule has 0 fully saturated rings. The van der Waals surface area contributed by atoms with Gasteiger partial charge in [0.2, 0.25) is 0 Å². The SMILES string of the molecule is CCCCCCCCCC/C=C\CCCCCCCC(=O)O.CCCCCCCCCCCCCCCCCCCC(=O)O. The van der Waals surface area contributed by atoms with Crippen LogP contribution in [0.5, 0.6) is 0 Å². The predicted molar refractivity (Wildman–Crippen MR) is 193 cm³/mol. The minimum atomic E-state index is -0.663. The highest BCUT2D eigenvalue weighted by atomic mass is 16.4. The first-order valence-corrected chi connectivity index (χ1v) is 19.6. The highest BCUT2D eigenvalue weighted by Gasteiger charge is 1.98. The number of aliphatic carboxylic acids is 2. The molecular weight excluding hydrogens is 544 g/mol. The molecule has 0 aliphatic heterocycles. The van der Waals surface area contributed by atoms with Crippen LogP contribution in [0, 0.1) is 0 Å². The lowest BCUT2D eigenvalue weighted by Gasteiger charge is -2.03. The summed E-state index contributed by atoms with van der Waals surface area (Å²) in [4.78, 5) is 20.7. The van der Waals surface area contributed by atoms with Crippen molar-refractivity contribution in [2.24, 2.45) is 0 Å². The highest BCUT2D eigenvalue weighted by Crippen LogP contribution is 2.15. The van der Waals surface area contributed by atoms with Crippen LogP contribution in [0.3, 0.4) is 0 Å². The Morgan fingerprint density at radius 2 is 0.545 bits per heavy atom. The van der Waals surface area contributed by atoms with Crippen molar-refractivity contribution in [1.82, 2.24) is 0 Å². The second-order valence-corrected chi connectivity index (χ2v) is 13.2. The Kier molecular flexibility index (Phi) is 42.4. The summed E-state index contributed by atoms with van der Waals surface area (Å²) in [6.07, 6.45) is 47.3. The summed E-state index contributed by atoms with van der Waals surface area (Å²) < 4.78 is 0. The maximum atomic E-state index is 10.4. The maximum absolute atomic E-state index is 10.4. The monoisotopic (exact) mass is 623 g/mol. The summed E-state index contributed by atoms with van der Waals surface area (Å²) in [6.45, 7) is 4.55. The summed E-state index contributed by atoms with van der Waals surface area (Å²) in [5, 5.41) is 17.1. The molecule has 0 atom stereocenters. The quantitative estimate of drug-likeness (QED) is 0.0544. The molecule has 4 heteroatoms. The Hall–Kier alpha value is -1.32. The average molecular weight is 623 g/mol. The average Bonchev–Trinajstić information content (AvgIpc) is 3.00. The largest absolute Gasteiger partial charge is 0.481 e. The standard InChI is InChI=1S/C20H40O2.C20H38O2/c2*1-2-3-4-5-6-7-8-9-10-11-12-13-14-15-16-17-18-19-20(21)22/h2-19H2,1H3,(H,21,22);11-12H,2-10,13-19H2,1H3,(H,21,22)/b;12-11-. The van der Waals surface area contributed by atoms with E-state index in [1.807, 2.05) is 0 Å². The van der Waals surface area contributed by atoms with Crippen molar-refractivity contribution in [3.8, 4) is 0 Å². The molecule has 0 aliphatic rings. The molecule has 0 spiro atoms. The molecule has 0 aromatic heterocycles. The Morgan fingerprint density at radius 1 is 0.341 bits per heavy atom. The van der Waals surface area contributed by atoms with E-state index < -0.39 is 11.9 Å². The van der Waals surface area contributed by atoms with Gasteiger partial charge in [-0.05, 0) is 38.5 Å². The Labute approximate surface area is 275 Å². The fraction of sp³-hybridized carbons (Fsp3) is 0.900. The van der Waals surface area contributed by atoms with Crippen LogP contribution in [0.15, 0.2) is 12.2 Å². The fourth-order valence-corrected chi connectivity index (χ4v) is 5.70. The second kappa shape index (κ2) is 41.7. The molecule has 0 aromatic carbocycles. The van der Waals surface area contributed by atoms with Gasteiger partial charge in [-0.25, -0.2) is 0 Å². The smallest absolute Gasteiger partial charge is 0.303 e. The van der Waals surface area contributed by atoms with Crippen LogP contribution >= 0.6 is 0 Å². The lowest BCUT2D eigenvalue weighted by atomic mass is 10.0. The van der Waals surface area contributed by atoms with E-state index in [1.54, 1.807) is 0 Å². The Balaban J connectivity index is 0. The highest BCUT2D eigenvalue weighted by molar-refractivity contribution is 5.66. The van der Waals surface area contributed by atoms with Gasteiger partial charge in [0.25, 0.3) is 0 Å².